The molecule has 0 saturated carbocycles. The zero-order valence-corrected chi connectivity index (χ0v) is 10.8. The van der Waals surface area contributed by atoms with Crippen molar-refractivity contribution < 1.29 is 27.4 Å². The van der Waals surface area contributed by atoms with Gasteiger partial charge in [0.15, 0.2) is 6.29 Å². The molecule has 2 rings (SSSR count). The van der Waals surface area contributed by atoms with Gasteiger partial charge in [0.1, 0.15) is 18.1 Å². The summed E-state index contributed by atoms with van der Waals surface area (Å²) in [7, 11) is 0. The van der Waals surface area contributed by atoms with Crippen LogP contribution in [0.3, 0.4) is 0 Å². The number of carbonyl (C=O) groups is 1. The number of rotatable bonds is 5. The molecular formula is C15H11F3O3. The van der Waals surface area contributed by atoms with Gasteiger partial charge < -0.3 is 9.47 Å². The predicted molar refractivity (Wildman–Crippen MR) is 69.3 cm³/mol. The molecule has 0 radical (unpaired) electrons. The van der Waals surface area contributed by atoms with Crippen molar-refractivity contribution in [3.63, 3.8) is 0 Å². The Bertz CT molecular complexity index is 609. The van der Waals surface area contributed by atoms with E-state index >= 15 is 0 Å². The van der Waals surface area contributed by atoms with Gasteiger partial charge in [-0.25, -0.2) is 0 Å². The highest BCUT2D eigenvalue weighted by Crippen LogP contribution is 2.28. The fourth-order valence-electron chi connectivity index (χ4n) is 1.67. The maximum absolute atomic E-state index is 12.2. The molecule has 0 aliphatic heterocycles. The fourth-order valence-corrected chi connectivity index (χ4v) is 1.67. The van der Waals surface area contributed by atoms with Gasteiger partial charge >= 0.3 is 6.36 Å². The first kappa shape index (κ1) is 14.9. The first-order chi connectivity index (χ1) is 9.98. The van der Waals surface area contributed by atoms with Crippen molar-refractivity contribution in [3.8, 4) is 11.5 Å². The van der Waals surface area contributed by atoms with Gasteiger partial charge in [0.2, 0.25) is 0 Å². The van der Waals surface area contributed by atoms with E-state index in [1.165, 1.54) is 6.07 Å². The third-order valence-electron chi connectivity index (χ3n) is 2.58. The van der Waals surface area contributed by atoms with Gasteiger partial charge in [-0.3, -0.25) is 4.79 Å². The van der Waals surface area contributed by atoms with Gasteiger partial charge in [0.25, 0.3) is 0 Å². The Morgan fingerprint density at radius 2 is 1.76 bits per heavy atom. The van der Waals surface area contributed by atoms with E-state index in [1.54, 1.807) is 12.1 Å². The number of hydrogen-bond donors (Lipinski definition) is 0. The lowest BCUT2D eigenvalue weighted by molar-refractivity contribution is -0.274. The molecule has 0 saturated heterocycles. The third kappa shape index (κ3) is 4.52. The Labute approximate surface area is 118 Å². The highest BCUT2D eigenvalue weighted by atomic mass is 19.4. The van der Waals surface area contributed by atoms with Crippen LogP contribution in [-0.4, -0.2) is 12.6 Å². The summed E-state index contributed by atoms with van der Waals surface area (Å²) in [6.07, 6.45) is -4.28. The molecule has 0 bridgehead atoms. The molecule has 0 aliphatic rings. The van der Waals surface area contributed by atoms with Crippen molar-refractivity contribution in [1.82, 2.24) is 0 Å². The Morgan fingerprint density at radius 3 is 2.38 bits per heavy atom. The SMILES string of the molecule is O=Cc1ccc(OC(F)(F)F)cc1OCc1ccccc1. The molecule has 0 aromatic heterocycles. The van der Waals surface area contributed by atoms with Crippen LogP contribution in [0.1, 0.15) is 15.9 Å². The summed E-state index contributed by atoms with van der Waals surface area (Å²) in [5, 5.41) is 0. The van der Waals surface area contributed by atoms with Crippen molar-refractivity contribution in [3.05, 3.63) is 59.7 Å². The van der Waals surface area contributed by atoms with Crippen molar-refractivity contribution >= 4 is 6.29 Å². The summed E-state index contributed by atoms with van der Waals surface area (Å²) in [5.74, 6) is -0.397. The molecule has 0 fully saturated rings. The van der Waals surface area contributed by atoms with Crippen LogP contribution in [0.5, 0.6) is 11.5 Å². The van der Waals surface area contributed by atoms with E-state index in [0.717, 1.165) is 17.7 Å². The second-order valence-corrected chi connectivity index (χ2v) is 4.14. The lowest BCUT2D eigenvalue weighted by Gasteiger charge is -2.12. The summed E-state index contributed by atoms with van der Waals surface area (Å²) in [6, 6.07) is 12.4. The van der Waals surface area contributed by atoms with Gasteiger partial charge in [-0.2, -0.15) is 0 Å². The zero-order valence-electron chi connectivity index (χ0n) is 10.8. The van der Waals surface area contributed by atoms with Crippen molar-refractivity contribution in [1.29, 1.82) is 0 Å². The molecule has 2 aromatic rings. The van der Waals surface area contributed by atoms with Crippen LogP contribution >= 0.6 is 0 Å². The average molecular weight is 296 g/mol. The molecule has 3 nitrogen and oxygen atoms in total. The summed E-state index contributed by atoms with van der Waals surface area (Å²) < 4.78 is 45.7. The van der Waals surface area contributed by atoms with Gasteiger partial charge in [0, 0.05) is 6.07 Å². The number of benzene rings is 2. The molecule has 6 heteroatoms. The number of alkyl halides is 3. The second-order valence-electron chi connectivity index (χ2n) is 4.14. The highest BCUT2D eigenvalue weighted by molar-refractivity contribution is 5.79. The molecule has 0 atom stereocenters. The number of hydrogen-bond acceptors (Lipinski definition) is 3. The molecule has 0 heterocycles. The minimum atomic E-state index is -4.79. The first-order valence-corrected chi connectivity index (χ1v) is 5.99. The molecule has 0 amide bonds. The smallest absolute Gasteiger partial charge is 0.488 e. The van der Waals surface area contributed by atoms with E-state index in [0.29, 0.717) is 6.29 Å². The van der Waals surface area contributed by atoms with Crippen LogP contribution in [0.2, 0.25) is 0 Å². The maximum atomic E-state index is 12.2. The number of carbonyl (C=O) groups excluding carboxylic acids is 1. The summed E-state index contributed by atoms with van der Waals surface area (Å²) in [6.45, 7) is 0.136. The molecule has 0 unspecified atom stereocenters. The van der Waals surface area contributed by atoms with Crippen LogP contribution in [0.4, 0.5) is 13.2 Å². The summed E-state index contributed by atoms with van der Waals surface area (Å²) >= 11 is 0. The Hall–Kier alpha value is -2.50. The topological polar surface area (TPSA) is 35.5 Å². The third-order valence-corrected chi connectivity index (χ3v) is 2.58. The van der Waals surface area contributed by atoms with Gasteiger partial charge in [-0.05, 0) is 17.7 Å². The maximum Gasteiger partial charge on any atom is 0.573 e. The van der Waals surface area contributed by atoms with Crippen LogP contribution in [0.25, 0.3) is 0 Å². The zero-order chi connectivity index (χ0) is 15.3. The van der Waals surface area contributed by atoms with E-state index in [2.05, 4.69) is 4.74 Å². The van der Waals surface area contributed by atoms with Crippen LogP contribution in [0, 0.1) is 0 Å². The van der Waals surface area contributed by atoms with E-state index in [9.17, 15) is 18.0 Å². The minimum Gasteiger partial charge on any atom is -0.488 e. The molecule has 21 heavy (non-hydrogen) atoms. The van der Waals surface area contributed by atoms with E-state index in [-0.39, 0.29) is 17.9 Å². The van der Waals surface area contributed by atoms with E-state index in [4.69, 9.17) is 4.74 Å². The second kappa shape index (κ2) is 6.30. The minimum absolute atomic E-state index is 0.0376. The Kier molecular flexibility index (Phi) is 4.47. The predicted octanol–water partition coefficient (Wildman–Crippen LogP) is 3.98. The molecule has 0 aliphatic carbocycles. The van der Waals surface area contributed by atoms with Gasteiger partial charge in [-0.1, -0.05) is 30.3 Å². The van der Waals surface area contributed by atoms with Gasteiger partial charge in [-0.15, -0.1) is 13.2 Å². The standard InChI is InChI=1S/C15H11F3O3/c16-15(17,18)21-13-7-6-12(9-19)14(8-13)20-10-11-4-2-1-3-5-11/h1-9H,10H2. The first-order valence-electron chi connectivity index (χ1n) is 5.99. The van der Waals surface area contributed by atoms with E-state index in [1.807, 2.05) is 18.2 Å². The molecule has 0 N–H and O–H groups in total. The normalized spacial score (nSPS) is 11.0. The molecule has 0 spiro atoms. The van der Waals surface area contributed by atoms with Crippen LogP contribution in [0.15, 0.2) is 48.5 Å². The number of ether oxygens (including phenoxy) is 2. The molecule has 2 aromatic carbocycles. The van der Waals surface area contributed by atoms with Crippen molar-refractivity contribution in [2.45, 2.75) is 13.0 Å². The molecule has 110 valence electrons. The fraction of sp³-hybridized carbons (Fsp3) is 0.133. The summed E-state index contributed by atoms with van der Waals surface area (Å²) in [5.41, 5.74) is 0.983. The van der Waals surface area contributed by atoms with Gasteiger partial charge in [0.05, 0.1) is 5.56 Å². The summed E-state index contributed by atoms with van der Waals surface area (Å²) in [4.78, 5) is 10.9. The largest absolute Gasteiger partial charge is 0.573 e. The lowest BCUT2D eigenvalue weighted by Crippen LogP contribution is -2.17. The monoisotopic (exact) mass is 296 g/mol. The van der Waals surface area contributed by atoms with Crippen molar-refractivity contribution in [2.75, 3.05) is 0 Å². The Morgan fingerprint density at radius 1 is 1.05 bits per heavy atom. The lowest BCUT2D eigenvalue weighted by atomic mass is 10.2. The van der Waals surface area contributed by atoms with E-state index < -0.39 is 12.1 Å². The quantitative estimate of drug-likeness (QED) is 0.783. The molecular weight excluding hydrogens is 285 g/mol. The van der Waals surface area contributed by atoms with Crippen molar-refractivity contribution in [2.24, 2.45) is 0 Å². The Balaban J connectivity index is 2.16. The number of aldehydes is 1. The average Bonchev–Trinajstić information content (AvgIpc) is 2.45. The number of halogens is 3. The highest BCUT2D eigenvalue weighted by Gasteiger charge is 2.31. The van der Waals surface area contributed by atoms with Crippen LogP contribution < -0.4 is 9.47 Å². The van der Waals surface area contributed by atoms with Crippen LogP contribution in [-0.2, 0) is 6.61 Å².